The number of aryl methyl sites for hydroxylation is 2. The molecule has 0 aliphatic carbocycles. The Hall–Kier alpha value is -4.16. The molecule has 40 heavy (non-hydrogen) atoms. The van der Waals surface area contributed by atoms with Crippen LogP contribution >= 0.6 is 0 Å². The van der Waals surface area contributed by atoms with Crippen LogP contribution in [0.1, 0.15) is 45.9 Å². The van der Waals surface area contributed by atoms with Crippen LogP contribution in [-0.2, 0) is 11.8 Å². The minimum atomic E-state index is -0.444. The minimum Gasteiger partial charge on any atom is -0.381 e. The molecule has 0 saturated carbocycles. The van der Waals surface area contributed by atoms with Gasteiger partial charge in [0.05, 0.1) is 23.1 Å². The van der Waals surface area contributed by atoms with E-state index in [9.17, 15) is 9.59 Å². The zero-order chi connectivity index (χ0) is 27.7. The maximum atomic E-state index is 13.1. The molecule has 2 amide bonds. The Morgan fingerprint density at radius 1 is 1.07 bits per heavy atom. The Bertz CT molecular complexity index is 1550. The van der Waals surface area contributed by atoms with Crippen molar-refractivity contribution in [3.8, 4) is 11.1 Å². The Morgan fingerprint density at radius 3 is 2.73 bits per heavy atom. The lowest BCUT2D eigenvalue weighted by Gasteiger charge is -2.33. The van der Waals surface area contributed by atoms with E-state index in [-0.39, 0.29) is 11.7 Å². The summed E-state index contributed by atoms with van der Waals surface area (Å²) in [6.07, 6.45) is 10.4. The molecule has 1 spiro atoms. The molecule has 2 saturated heterocycles. The molecule has 6 heterocycles. The van der Waals surface area contributed by atoms with Gasteiger partial charge in [-0.05, 0) is 61.9 Å². The Morgan fingerprint density at radius 2 is 1.93 bits per heavy atom. The standard InChI is InChI=1S/C28H33N9O3/c1-19-23(32-27(39)25-34-33-24-14-20(3-8-37(24)25)22-16-31-35(2)17-22)13-21(15-30-19)26(38)29-7-10-36-9-4-28(18-36)5-11-40-12-6-28/h3,8,13-17H,4-7,9-12,18H2,1-2H3,(H,29,38)(H,32,39). The van der Waals surface area contributed by atoms with Crippen molar-refractivity contribution < 1.29 is 14.3 Å². The van der Waals surface area contributed by atoms with Crippen molar-refractivity contribution in [1.82, 2.24) is 39.6 Å². The highest BCUT2D eigenvalue weighted by molar-refractivity contribution is 6.03. The number of carbonyl (C=O) groups excluding carboxylic acids is 2. The molecule has 4 aromatic heterocycles. The molecular weight excluding hydrogens is 510 g/mol. The number of likely N-dealkylation sites (tertiary alicyclic amines) is 1. The van der Waals surface area contributed by atoms with Gasteiger partial charge in [0, 0.05) is 64.0 Å². The molecule has 0 bridgehead atoms. The molecule has 12 heteroatoms. The van der Waals surface area contributed by atoms with Gasteiger partial charge in [-0.2, -0.15) is 5.10 Å². The first-order valence-electron chi connectivity index (χ1n) is 13.6. The van der Waals surface area contributed by atoms with Gasteiger partial charge >= 0.3 is 0 Å². The summed E-state index contributed by atoms with van der Waals surface area (Å²) in [6.45, 7) is 6.96. The van der Waals surface area contributed by atoms with Gasteiger partial charge in [-0.15, -0.1) is 10.2 Å². The number of nitrogens with one attached hydrogen (secondary N) is 2. The van der Waals surface area contributed by atoms with Crippen LogP contribution in [0.2, 0.25) is 0 Å². The Kier molecular flexibility index (Phi) is 7.03. The van der Waals surface area contributed by atoms with Gasteiger partial charge in [-0.25, -0.2) is 0 Å². The summed E-state index contributed by atoms with van der Waals surface area (Å²) in [5, 5.41) is 18.3. The Labute approximate surface area is 231 Å². The molecule has 0 radical (unpaired) electrons. The summed E-state index contributed by atoms with van der Waals surface area (Å²) in [6, 6.07) is 5.38. The third-order valence-corrected chi connectivity index (χ3v) is 8.03. The SMILES string of the molecule is Cc1ncc(C(=O)NCCN2CCC3(CCOCC3)C2)cc1NC(=O)c1nnc2cc(-c3cnn(C)c3)ccn12. The van der Waals surface area contributed by atoms with Crippen molar-refractivity contribution in [2.75, 3.05) is 44.7 Å². The summed E-state index contributed by atoms with van der Waals surface area (Å²) < 4.78 is 8.88. The van der Waals surface area contributed by atoms with Crippen molar-refractivity contribution in [1.29, 1.82) is 0 Å². The van der Waals surface area contributed by atoms with Crippen LogP contribution in [0.3, 0.4) is 0 Å². The zero-order valence-corrected chi connectivity index (χ0v) is 22.8. The van der Waals surface area contributed by atoms with E-state index in [0.717, 1.165) is 56.8 Å². The predicted octanol–water partition coefficient (Wildman–Crippen LogP) is 2.32. The monoisotopic (exact) mass is 543 g/mol. The topological polar surface area (TPSA) is 132 Å². The van der Waals surface area contributed by atoms with E-state index in [4.69, 9.17) is 4.74 Å². The average molecular weight is 544 g/mol. The summed E-state index contributed by atoms with van der Waals surface area (Å²) in [4.78, 5) is 32.8. The van der Waals surface area contributed by atoms with Crippen LogP contribution < -0.4 is 10.6 Å². The highest BCUT2D eigenvalue weighted by atomic mass is 16.5. The fraction of sp³-hybridized carbons (Fsp3) is 0.429. The molecule has 6 rings (SSSR count). The first-order chi connectivity index (χ1) is 19.4. The normalized spacial score (nSPS) is 16.9. The van der Waals surface area contributed by atoms with Gasteiger partial charge in [0.15, 0.2) is 5.65 Å². The number of carbonyl (C=O) groups is 2. The quantitative estimate of drug-likeness (QED) is 0.363. The molecular formula is C28H33N9O3. The number of ether oxygens (including phenoxy) is 1. The van der Waals surface area contributed by atoms with E-state index in [1.165, 1.54) is 12.6 Å². The molecule has 12 nitrogen and oxygen atoms in total. The second kappa shape index (κ2) is 10.8. The first kappa shape index (κ1) is 26.1. The maximum Gasteiger partial charge on any atom is 0.294 e. The number of nitrogens with zero attached hydrogens (tertiary/aromatic N) is 7. The predicted molar refractivity (Wildman–Crippen MR) is 148 cm³/mol. The van der Waals surface area contributed by atoms with Gasteiger partial charge < -0.3 is 20.3 Å². The number of hydrogen-bond acceptors (Lipinski definition) is 8. The fourth-order valence-electron chi connectivity index (χ4n) is 5.62. The zero-order valence-electron chi connectivity index (χ0n) is 22.8. The molecule has 0 aromatic carbocycles. The van der Waals surface area contributed by atoms with Crippen LogP contribution in [-0.4, -0.2) is 85.5 Å². The minimum absolute atomic E-state index is 0.134. The number of rotatable bonds is 7. The van der Waals surface area contributed by atoms with Crippen molar-refractivity contribution in [2.45, 2.75) is 26.2 Å². The highest BCUT2D eigenvalue weighted by Gasteiger charge is 2.38. The number of amides is 2. The van der Waals surface area contributed by atoms with Gasteiger partial charge in [0.2, 0.25) is 5.82 Å². The van der Waals surface area contributed by atoms with Gasteiger partial charge in [0.1, 0.15) is 0 Å². The van der Waals surface area contributed by atoms with Crippen molar-refractivity contribution >= 4 is 23.1 Å². The molecule has 2 N–H and O–H groups in total. The summed E-state index contributed by atoms with van der Waals surface area (Å²) in [5.41, 5.74) is 4.21. The molecule has 0 atom stereocenters. The molecule has 2 fully saturated rings. The average Bonchev–Trinajstić information content (AvgIpc) is 3.68. The van der Waals surface area contributed by atoms with E-state index in [1.54, 1.807) is 34.5 Å². The molecule has 4 aromatic rings. The largest absolute Gasteiger partial charge is 0.381 e. The van der Waals surface area contributed by atoms with Gasteiger partial charge in [-0.3, -0.25) is 23.7 Å². The lowest BCUT2D eigenvalue weighted by molar-refractivity contribution is 0.0195. The third-order valence-electron chi connectivity index (χ3n) is 8.03. The maximum absolute atomic E-state index is 13.1. The van der Waals surface area contributed by atoms with Crippen LogP contribution in [0.4, 0.5) is 5.69 Å². The third kappa shape index (κ3) is 5.32. The van der Waals surface area contributed by atoms with Gasteiger partial charge in [0.25, 0.3) is 11.8 Å². The van der Waals surface area contributed by atoms with Crippen LogP contribution in [0.5, 0.6) is 0 Å². The van der Waals surface area contributed by atoms with Crippen LogP contribution in [0, 0.1) is 12.3 Å². The van der Waals surface area contributed by atoms with E-state index in [0.29, 0.717) is 34.6 Å². The number of aromatic nitrogens is 6. The van der Waals surface area contributed by atoms with E-state index in [1.807, 2.05) is 25.4 Å². The highest BCUT2D eigenvalue weighted by Crippen LogP contribution is 2.39. The molecule has 208 valence electrons. The number of pyridine rings is 2. The van der Waals surface area contributed by atoms with Crippen molar-refractivity contribution in [2.24, 2.45) is 12.5 Å². The second-order valence-corrected chi connectivity index (χ2v) is 10.8. The van der Waals surface area contributed by atoms with Crippen LogP contribution in [0.15, 0.2) is 43.0 Å². The second-order valence-electron chi connectivity index (χ2n) is 10.8. The first-order valence-corrected chi connectivity index (χ1v) is 13.6. The summed E-state index contributed by atoms with van der Waals surface area (Å²) >= 11 is 0. The number of fused-ring (bicyclic) bond motifs is 1. The van der Waals surface area contributed by atoms with Crippen LogP contribution in [0.25, 0.3) is 16.8 Å². The molecule has 0 unspecified atom stereocenters. The van der Waals surface area contributed by atoms with E-state index < -0.39 is 5.91 Å². The molecule has 2 aliphatic rings. The Balaban J connectivity index is 1.08. The number of hydrogen-bond donors (Lipinski definition) is 2. The summed E-state index contributed by atoms with van der Waals surface area (Å²) in [5.74, 6) is -0.533. The molecule has 2 aliphatic heterocycles. The lowest BCUT2D eigenvalue weighted by atomic mass is 9.80. The van der Waals surface area contributed by atoms with E-state index >= 15 is 0 Å². The smallest absolute Gasteiger partial charge is 0.294 e. The fourth-order valence-corrected chi connectivity index (χ4v) is 5.62. The van der Waals surface area contributed by atoms with Crippen molar-refractivity contribution in [3.63, 3.8) is 0 Å². The number of anilines is 1. The lowest BCUT2D eigenvalue weighted by Crippen LogP contribution is -2.37. The van der Waals surface area contributed by atoms with Gasteiger partial charge in [-0.1, -0.05) is 0 Å². The van der Waals surface area contributed by atoms with Crippen molar-refractivity contribution in [3.05, 3.63) is 60.1 Å². The van der Waals surface area contributed by atoms with E-state index in [2.05, 4.69) is 35.8 Å². The summed E-state index contributed by atoms with van der Waals surface area (Å²) in [7, 11) is 1.85.